The largest absolute Gasteiger partial charge is 0.256 e. The van der Waals surface area contributed by atoms with Crippen LogP contribution in [0.5, 0.6) is 0 Å². The van der Waals surface area contributed by atoms with Gasteiger partial charge in [0, 0.05) is 11.8 Å². The fourth-order valence-corrected chi connectivity index (χ4v) is 4.55. The van der Waals surface area contributed by atoms with Gasteiger partial charge in [-0.3, -0.25) is 4.98 Å². The van der Waals surface area contributed by atoms with Gasteiger partial charge in [-0.1, -0.05) is 89.1 Å². The molecule has 0 bridgehead atoms. The molecule has 0 unspecified atom stereocenters. The number of benzene rings is 1. The number of hydrogen-bond donors (Lipinski definition) is 0. The zero-order valence-electron chi connectivity index (χ0n) is 17.4. The van der Waals surface area contributed by atoms with Gasteiger partial charge < -0.3 is 0 Å². The summed E-state index contributed by atoms with van der Waals surface area (Å²) in [5.41, 5.74) is 5.16. The van der Waals surface area contributed by atoms with Crippen LogP contribution >= 0.6 is 0 Å². The van der Waals surface area contributed by atoms with E-state index in [9.17, 15) is 0 Å². The van der Waals surface area contributed by atoms with Crippen LogP contribution in [0.3, 0.4) is 0 Å². The molecule has 1 nitrogen and oxygen atoms in total. The molecule has 0 aliphatic heterocycles. The number of aromatic nitrogens is 1. The van der Waals surface area contributed by atoms with E-state index in [2.05, 4.69) is 56.4 Å². The molecule has 3 rings (SSSR count). The maximum absolute atomic E-state index is 4.74. The molecular weight excluding hydrogens is 326 g/mol. The molecule has 146 valence electrons. The first-order valence-electron chi connectivity index (χ1n) is 11.3. The highest BCUT2D eigenvalue weighted by atomic mass is 14.7. The average molecular weight is 364 g/mol. The van der Waals surface area contributed by atoms with Gasteiger partial charge in [-0.05, 0) is 54.7 Å². The summed E-state index contributed by atoms with van der Waals surface area (Å²) in [6.07, 6.45) is 16.9. The van der Waals surface area contributed by atoms with Crippen LogP contribution in [-0.2, 0) is 12.8 Å². The molecule has 27 heavy (non-hydrogen) atoms. The minimum absolute atomic E-state index is 0.938. The maximum atomic E-state index is 4.74. The molecule has 1 aliphatic rings. The van der Waals surface area contributed by atoms with Crippen molar-refractivity contribution in [1.29, 1.82) is 0 Å². The number of aryl methyl sites for hydroxylation is 2. The van der Waals surface area contributed by atoms with Gasteiger partial charge in [-0.25, -0.2) is 0 Å². The fraction of sp³-hybridized carbons (Fsp3) is 0.577. The lowest BCUT2D eigenvalue weighted by atomic mass is 9.78. The third-order valence-corrected chi connectivity index (χ3v) is 6.40. The molecule has 1 heterocycles. The quantitative estimate of drug-likeness (QED) is 0.446. The first-order valence-corrected chi connectivity index (χ1v) is 11.3. The van der Waals surface area contributed by atoms with Crippen molar-refractivity contribution in [3.8, 4) is 11.3 Å². The van der Waals surface area contributed by atoms with E-state index in [1.165, 1.54) is 87.3 Å². The van der Waals surface area contributed by atoms with Crippen molar-refractivity contribution in [2.45, 2.75) is 84.5 Å². The zero-order chi connectivity index (χ0) is 18.9. The Balaban J connectivity index is 1.47. The van der Waals surface area contributed by atoms with Gasteiger partial charge in [0.1, 0.15) is 0 Å². The smallest absolute Gasteiger partial charge is 0.0702 e. The number of nitrogens with zero attached hydrogens (tertiary/aromatic N) is 1. The molecular formula is C26H37N. The first kappa shape index (κ1) is 20.1. The topological polar surface area (TPSA) is 12.9 Å². The van der Waals surface area contributed by atoms with Crippen molar-refractivity contribution in [3.63, 3.8) is 0 Å². The normalized spacial score (nSPS) is 19.9. The highest BCUT2D eigenvalue weighted by Crippen LogP contribution is 2.33. The maximum Gasteiger partial charge on any atom is 0.0702 e. The van der Waals surface area contributed by atoms with Crippen LogP contribution in [0.4, 0.5) is 0 Å². The Morgan fingerprint density at radius 3 is 2.00 bits per heavy atom. The van der Waals surface area contributed by atoms with Gasteiger partial charge in [0.05, 0.1) is 5.69 Å². The third-order valence-electron chi connectivity index (χ3n) is 6.40. The molecule has 1 fully saturated rings. The van der Waals surface area contributed by atoms with Crippen LogP contribution in [-0.4, -0.2) is 4.98 Å². The Morgan fingerprint density at radius 2 is 1.41 bits per heavy atom. The summed E-state index contributed by atoms with van der Waals surface area (Å²) in [6.45, 7) is 4.57. The lowest BCUT2D eigenvalue weighted by Gasteiger charge is -2.28. The minimum atomic E-state index is 0.938. The molecule has 1 saturated carbocycles. The lowest BCUT2D eigenvalue weighted by Crippen LogP contribution is -2.15. The summed E-state index contributed by atoms with van der Waals surface area (Å²) in [5.74, 6) is 1.95. The number of hydrogen-bond acceptors (Lipinski definition) is 1. The second-order valence-electron chi connectivity index (χ2n) is 8.57. The number of pyridine rings is 1. The van der Waals surface area contributed by atoms with Crippen LogP contribution in [0.25, 0.3) is 11.3 Å². The predicted octanol–water partition coefficient (Wildman–Crippen LogP) is 7.63. The Bertz CT molecular complexity index is 648. The zero-order valence-corrected chi connectivity index (χ0v) is 17.4. The molecule has 1 aromatic carbocycles. The monoisotopic (exact) mass is 363 g/mol. The van der Waals surface area contributed by atoms with E-state index < -0.39 is 0 Å². The van der Waals surface area contributed by atoms with E-state index in [-0.39, 0.29) is 0 Å². The van der Waals surface area contributed by atoms with E-state index in [1.54, 1.807) is 0 Å². The number of rotatable bonds is 9. The highest BCUT2D eigenvalue weighted by molar-refractivity contribution is 5.59. The van der Waals surface area contributed by atoms with Crippen LogP contribution in [0, 0.1) is 11.8 Å². The van der Waals surface area contributed by atoms with Crippen LogP contribution < -0.4 is 0 Å². The van der Waals surface area contributed by atoms with Gasteiger partial charge in [0.15, 0.2) is 0 Å². The SMILES string of the molecule is CCCCc1ccc(-c2ccc(CCC3CCC(CCC)CC3)cn2)cc1. The molecule has 0 amide bonds. The second-order valence-corrected chi connectivity index (χ2v) is 8.57. The summed E-state index contributed by atoms with van der Waals surface area (Å²) in [5, 5.41) is 0. The molecule has 2 aromatic rings. The fourth-order valence-electron chi connectivity index (χ4n) is 4.55. The summed E-state index contributed by atoms with van der Waals surface area (Å²) >= 11 is 0. The van der Waals surface area contributed by atoms with E-state index in [0.29, 0.717) is 0 Å². The van der Waals surface area contributed by atoms with Crippen LogP contribution in [0.1, 0.15) is 82.8 Å². The second kappa shape index (κ2) is 10.6. The third kappa shape index (κ3) is 6.19. The van der Waals surface area contributed by atoms with Gasteiger partial charge in [-0.15, -0.1) is 0 Å². The van der Waals surface area contributed by atoms with Gasteiger partial charge in [-0.2, -0.15) is 0 Å². The van der Waals surface area contributed by atoms with Crippen molar-refractivity contribution in [2.75, 3.05) is 0 Å². The Labute approximate surface area is 166 Å². The summed E-state index contributed by atoms with van der Waals surface area (Å²) in [4.78, 5) is 4.74. The highest BCUT2D eigenvalue weighted by Gasteiger charge is 2.20. The van der Waals surface area contributed by atoms with E-state index >= 15 is 0 Å². The van der Waals surface area contributed by atoms with Crippen LogP contribution in [0.2, 0.25) is 0 Å². The Hall–Kier alpha value is -1.63. The standard InChI is InChI=1S/C26H37N/c1-3-5-7-22-14-17-25(18-15-22)26-19-16-24(20-27-26)13-12-23-10-8-21(6-4-2)9-11-23/h14-21,23H,3-13H2,1-2H3. The van der Waals surface area contributed by atoms with E-state index in [4.69, 9.17) is 4.98 Å². The van der Waals surface area contributed by atoms with Gasteiger partial charge in [0.25, 0.3) is 0 Å². The van der Waals surface area contributed by atoms with Crippen LogP contribution in [0.15, 0.2) is 42.6 Å². The molecule has 1 aromatic heterocycles. The Kier molecular flexibility index (Phi) is 7.93. The molecule has 1 heteroatoms. The van der Waals surface area contributed by atoms with Crippen molar-refractivity contribution >= 4 is 0 Å². The molecule has 0 radical (unpaired) electrons. The van der Waals surface area contributed by atoms with Crippen molar-refractivity contribution in [1.82, 2.24) is 4.98 Å². The average Bonchev–Trinajstić information content (AvgIpc) is 2.73. The molecule has 1 aliphatic carbocycles. The van der Waals surface area contributed by atoms with Crippen molar-refractivity contribution < 1.29 is 0 Å². The summed E-state index contributed by atoms with van der Waals surface area (Å²) in [6, 6.07) is 13.5. The number of unbranched alkanes of at least 4 members (excludes halogenated alkanes) is 1. The summed E-state index contributed by atoms with van der Waals surface area (Å²) < 4.78 is 0. The van der Waals surface area contributed by atoms with E-state index in [1.807, 2.05) is 0 Å². The lowest BCUT2D eigenvalue weighted by molar-refractivity contribution is 0.252. The van der Waals surface area contributed by atoms with Crippen molar-refractivity contribution in [2.24, 2.45) is 11.8 Å². The summed E-state index contributed by atoms with van der Waals surface area (Å²) in [7, 11) is 0. The van der Waals surface area contributed by atoms with E-state index in [0.717, 1.165) is 17.5 Å². The molecule has 0 saturated heterocycles. The molecule has 0 atom stereocenters. The Morgan fingerprint density at radius 1 is 0.741 bits per heavy atom. The first-order chi connectivity index (χ1) is 13.3. The minimum Gasteiger partial charge on any atom is -0.256 e. The van der Waals surface area contributed by atoms with Gasteiger partial charge in [0.2, 0.25) is 0 Å². The molecule has 0 N–H and O–H groups in total. The molecule has 0 spiro atoms. The predicted molar refractivity (Wildman–Crippen MR) is 117 cm³/mol. The van der Waals surface area contributed by atoms with Crippen molar-refractivity contribution in [3.05, 3.63) is 53.7 Å². The van der Waals surface area contributed by atoms with Gasteiger partial charge >= 0.3 is 0 Å².